The summed E-state index contributed by atoms with van der Waals surface area (Å²) in [5, 5.41) is 14.3. The highest BCUT2D eigenvalue weighted by atomic mass is 32.2. The van der Waals surface area contributed by atoms with Crippen molar-refractivity contribution in [3.05, 3.63) is 59.2 Å². The number of piperidine rings is 1. The van der Waals surface area contributed by atoms with Crippen LogP contribution in [0.15, 0.2) is 47.4 Å². The highest BCUT2D eigenvalue weighted by molar-refractivity contribution is 8.00. The molecule has 1 amide bonds. The van der Waals surface area contributed by atoms with E-state index >= 15 is 0 Å². The van der Waals surface area contributed by atoms with Gasteiger partial charge in [-0.2, -0.15) is 0 Å². The van der Waals surface area contributed by atoms with Crippen LogP contribution in [0.3, 0.4) is 0 Å². The number of nitrogens with zero attached hydrogens (tertiary/aromatic N) is 1. The van der Waals surface area contributed by atoms with Gasteiger partial charge in [0, 0.05) is 35.6 Å². The summed E-state index contributed by atoms with van der Waals surface area (Å²) in [6.45, 7) is 7.49. The van der Waals surface area contributed by atoms with E-state index in [1.165, 1.54) is 31.0 Å². The van der Waals surface area contributed by atoms with Crippen LogP contribution in [0, 0.1) is 5.41 Å². The molecule has 4 rings (SSSR count). The number of amidine groups is 1. The topological polar surface area (TPSA) is 94.2 Å². The van der Waals surface area contributed by atoms with Crippen molar-refractivity contribution < 1.29 is 4.79 Å². The van der Waals surface area contributed by atoms with Gasteiger partial charge >= 0.3 is 0 Å². The van der Waals surface area contributed by atoms with Crippen LogP contribution >= 0.6 is 11.8 Å². The van der Waals surface area contributed by atoms with Gasteiger partial charge in [-0.1, -0.05) is 36.8 Å². The average molecular weight is 466 g/mol. The van der Waals surface area contributed by atoms with Gasteiger partial charge in [-0.25, -0.2) is 0 Å². The molecule has 6 nitrogen and oxygen atoms in total. The molecule has 176 valence electrons. The number of rotatable bonds is 8. The summed E-state index contributed by atoms with van der Waals surface area (Å²) >= 11 is 1.54. The van der Waals surface area contributed by atoms with E-state index in [2.05, 4.69) is 35.4 Å². The fraction of sp³-hybridized carbons (Fsp3) is 0.462. The van der Waals surface area contributed by atoms with Crippen LogP contribution in [0.25, 0.3) is 0 Å². The lowest BCUT2D eigenvalue weighted by Crippen LogP contribution is -2.46. The van der Waals surface area contributed by atoms with Gasteiger partial charge < -0.3 is 16.4 Å². The van der Waals surface area contributed by atoms with Gasteiger partial charge in [0.1, 0.15) is 11.1 Å². The van der Waals surface area contributed by atoms with Crippen LogP contribution in [0.1, 0.15) is 55.1 Å². The molecule has 7 heteroatoms. The molecular weight excluding hydrogens is 430 g/mol. The number of fused-ring (bicyclic) bond motifs is 1. The van der Waals surface area contributed by atoms with Crippen LogP contribution in [-0.2, 0) is 11.2 Å². The van der Waals surface area contributed by atoms with E-state index in [0.29, 0.717) is 17.6 Å². The molecule has 0 spiro atoms. The standard InChI is InChI=1S/C26H35N5OS/c1-17-7-5-8-18(2)31(17)16-15-29-14-13-19-9-6-10-20(25(27)28)23(19)24-26(32)30-21-11-3-4-12-22(21)33-24/h3-4,6,9-12,17-18,24,29H,5,7-8,13-16H2,1-2H3,(H3,27,28)(H,30,32)/t17-,18+,24?. The van der Waals surface area contributed by atoms with E-state index in [1.807, 2.05) is 36.4 Å². The van der Waals surface area contributed by atoms with Crippen molar-refractivity contribution in [2.24, 2.45) is 5.73 Å². The number of nitrogens with two attached hydrogens (primary N) is 1. The minimum atomic E-state index is -0.426. The Balaban J connectivity index is 1.45. The van der Waals surface area contributed by atoms with E-state index in [0.717, 1.165) is 47.8 Å². The molecule has 2 aliphatic rings. The van der Waals surface area contributed by atoms with Gasteiger partial charge in [0.2, 0.25) is 5.91 Å². The maximum Gasteiger partial charge on any atom is 0.242 e. The second kappa shape index (κ2) is 10.7. The number of carbonyl (C=O) groups is 1. The molecule has 1 unspecified atom stereocenters. The SMILES string of the molecule is C[C@@H]1CCC[C@H](C)N1CCNCCc1cccc(C(=N)N)c1C1Sc2ccccc2NC1=O. The van der Waals surface area contributed by atoms with Crippen molar-refractivity contribution in [2.75, 3.05) is 25.0 Å². The maximum absolute atomic E-state index is 13.0. The minimum Gasteiger partial charge on any atom is -0.384 e. The van der Waals surface area contributed by atoms with E-state index in [-0.39, 0.29) is 11.7 Å². The Bertz CT molecular complexity index is 1000. The highest BCUT2D eigenvalue weighted by Gasteiger charge is 2.32. The fourth-order valence-electron chi connectivity index (χ4n) is 5.09. The molecule has 2 heterocycles. The zero-order valence-corrected chi connectivity index (χ0v) is 20.4. The molecule has 5 N–H and O–H groups in total. The Kier molecular flexibility index (Phi) is 7.73. The van der Waals surface area contributed by atoms with Crippen LogP contribution in [0.5, 0.6) is 0 Å². The Hall–Kier alpha value is -2.35. The number of nitrogen functional groups attached to an aromatic ring is 1. The van der Waals surface area contributed by atoms with Crippen molar-refractivity contribution in [1.82, 2.24) is 10.2 Å². The van der Waals surface area contributed by atoms with Gasteiger partial charge in [0.25, 0.3) is 0 Å². The molecule has 1 fully saturated rings. The molecule has 0 saturated carbocycles. The largest absolute Gasteiger partial charge is 0.384 e. The third kappa shape index (κ3) is 5.42. The zero-order chi connectivity index (χ0) is 23.4. The average Bonchev–Trinajstić information content (AvgIpc) is 2.80. The van der Waals surface area contributed by atoms with Gasteiger partial charge in [-0.3, -0.25) is 15.1 Å². The first-order valence-electron chi connectivity index (χ1n) is 11.9. The number of thioether (sulfide) groups is 1. The molecule has 0 aromatic heterocycles. The Morgan fingerprint density at radius 2 is 1.91 bits per heavy atom. The first-order chi connectivity index (χ1) is 16.0. The second-order valence-electron chi connectivity index (χ2n) is 9.14. The number of anilines is 1. The zero-order valence-electron chi connectivity index (χ0n) is 19.6. The van der Waals surface area contributed by atoms with Gasteiger partial charge in [0.05, 0.1) is 5.69 Å². The van der Waals surface area contributed by atoms with Gasteiger partial charge in [-0.05, 0) is 62.9 Å². The molecule has 0 bridgehead atoms. The van der Waals surface area contributed by atoms with Gasteiger partial charge in [0.15, 0.2) is 0 Å². The van der Waals surface area contributed by atoms with Crippen molar-refractivity contribution in [3.8, 4) is 0 Å². The van der Waals surface area contributed by atoms with E-state index in [1.54, 1.807) is 0 Å². The molecule has 2 aromatic rings. The normalized spacial score (nSPS) is 23.1. The summed E-state index contributed by atoms with van der Waals surface area (Å²) < 4.78 is 0. The number of amides is 1. The quantitative estimate of drug-likeness (QED) is 0.267. The predicted molar refractivity (Wildman–Crippen MR) is 137 cm³/mol. The van der Waals surface area contributed by atoms with E-state index in [4.69, 9.17) is 11.1 Å². The smallest absolute Gasteiger partial charge is 0.242 e. The summed E-state index contributed by atoms with van der Waals surface area (Å²) in [4.78, 5) is 16.7. The van der Waals surface area contributed by atoms with E-state index in [9.17, 15) is 4.79 Å². The first kappa shape index (κ1) is 23.8. The lowest BCUT2D eigenvalue weighted by molar-refractivity contribution is -0.115. The fourth-order valence-corrected chi connectivity index (χ4v) is 6.31. The predicted octanol–water partition coefficient (Wildman–Crippen LogP) is 4.15. The van der Waals surface area contributed by atoms with Gasteiger partial charge in [-0.15, -0.1) is 11.8 Å². The summed E-state index contributed by atoms with van der Waals surface area (Å²) in [6.07, 6.45) is 4.69. The third-order valence-corrected chi connectivity index (χ3v) is 8.17. The summed E-state index contributed by atoms with van der Waals surface area (Å²) in [5.74, 6) is -0.0603. The van der Waals surface area contributed by atoms with Crippen LogP contribution < -0.4 is 16.4 Å². The highest BCUT2D eigenvalue weighted by Crippen LogP contribution is 2.45. The Morgan fingerprint density at radius 3 is 2.67 bits per heavy atom. The van der Waals surface area contributed by atoms with Crippen molar-refractivity contribution >= 4 is 29.2 Å². The van der Waals surface area contributed by atoms with Crippen molar-refractivity contribution in [1.29, 1.82) is 5.41 Å². The summed E-state index contributed by atoms with van der Waals surface area (Å²) in [7, 11) is 0. The third-order valence-electron chi connectivity index (χ3n) is 6.87. The monoisotopic (exact) mass is 465 g/mol. The molecule has 1 saturated heterocycles. The Morgan fingerprint density at radius 1 is 1.15 bits per heavy atom. The second-order valence-corrected chi connectivity index (χ2v) is 10.3. The number of nitrogens with one attached hydrogen (secondary N) is 3. The Labute approximate surface area is 201 Å². The lowest BCUT2D eigenvalue weighted by Gasteiger charge is -2.39. The summed E-state index contributed by atoms with van der Waals surface area (Å²) in [5.41, 5.74) is 9.36. The lowest BCUT2D eigenvalue weighted by atomic mass is 9.94. The molecule has 2 aliphatic heterocycles. The van der Waals surface area contributed by atoms with Crippen molar-refractivity contribution in [3.63, 3.8) is 0 Å². The molecular formula is C26H35N5OS. The number of benzene rings is 2. The molecule has 3 atom stereocenters. The number of hydrogen-bond donors (Lipinski definition) is 4. The molecule has 0 aliphatic carbocycles. The van der Waals surface area contributed by atoms with Crippen LogP contribution in [0.4, 0.5) is 5.69 Å². The maximum atomic E-state index is 13.0. The number of hydrogen-bond acceptors (Lipinski definition) is 5. The van der Waals surface area contributed by atoms with E-state index < -0.39 is 5.25 Å². The number of carbonyl (C=O) groups excluding carboxylic acids is 1. The molecule has 2 aromatic carbocycles. The first-order valence-corrected chi connectivity index (χ1v) is 12.8. The molecule has 0 radical (unpaired) electrons. The summed E-state index contributed by atoms with van der Waals surface area (Å²) in [6, 6.07) is 15.0. The molecule has 33 heavy (non-hydrogen) atoms. The number of para-hydroxylation sites is 1. The van der Waals surface area contributed by atoms with Crippen LogP contribution in [0.2, 0.25) is 0 Å². The number of likely N-dealkylation sites (tertiary alicyclic amines) is 1. The minimum absolute atomic E-state index is 0.000131. The van der Waals surface area contributed by atoms with Crippen molar-refractivity contribution in [2.45, 2.75) is 61.8 Å². The van der Waals surface area contributed by atoms with Crippen LogP contribution in [-0.4, -0.2) is 48.4 Å².